The van der Waals surface area contributed by atoms with Gasteiger partial charge in [-0.25, -0.2) is 9.89 Å². The molecule has 0 spiro atoms. The highest BCUT2D eigenvalue weighted by atomic mass is 19.4. The molecule has 6 nitrogen and oxygen atoms in total. The lowest BCUT2D eigenvalue weighted by Gasteiger charge is -2.14. The first-order valence-corrected chi connectivity index (χ1v) is 6.87. The van der Waals surface area contributed by atoms with Crippen LogP contribution in [0.3, 0.4) is 0 Å². The summed E-state index contributed by atoms with van der Waals surface area (Å²) in [5.74, 6) is -0.864. The summed E-state index contributed by atoms with van der Waals surface area (Å²) < 4.78 is 38.0. The number of H-pyrrole nitrogens is 2. The van der Waals surface area contributed by atoms with Crippen LogP contribution in [0.2, 0.25) is 0 Å². The molecule has 0 aliphatic heterocycles. The van der Waals surface area contributed by atoms with E-state index in [9.17, 15) is 22.8 Å². The van der Waals surface area contributed by atoms with E-state index >= 15 is 0 Å². The Morgan fingerprint density at radius 2 is 2.13 bits per heavy atom. The highest BCUT2D eigenvalue weighted by molar-refractivity contribution is 5.90. The van der Waals surface area contributed by atoms with Crippen LogP contribution < -0.4 is 11.0 Å². The number of benzene rings is 1. The largest absolute Gasteiger partial charge is 0.416 e. The lowest BCUT2D eigenvalue weighted by atomic mass is 9.96. The molecule has 124 valence electrons. The summed E-state index contributed by atoms with van der Waals surface area (Å²) in [5.41, 5.74) is -0.741. The summed E-state index contributed by atoms with van der Waals surface area (Å²) in [5, 5.41) is 8.09. The molecule has 1 atom stereocenters. The summed E-state index contributed by atoms with van der Waals surface area (Å²) in [6, 6.07) is 5.11. The fourth-order valence-electron chi connectivity index (χ4n) is 2.05. The molecule has 9 heteroatoms. The van der Waals surface area contributed by atoms with Crippen molar-refractivity contribution < 1.29 is 18.0 Å². The first kappa shape index (κ1) is 16.8. The third-order valence-electron chi connectivity index (χ3n) is 3.36. The Hall–Kier alpha value is -2.58. The van der Waals surface area contributed by atoms with Crippen LogP contribution >= 0.6 is 0 Å². The number of carbonyl (C=O) groups excluding carboxylic acids is 1. The Labute approximate surface area is 129 Å². The lowest BCUT2D eigenvalue weighted by molar-refractivity contribution is -0.137. The Morgan fingerprint density at radius 1 is 1.39 bits per heavy atom. The first-order valence-electron chi connectivity index (χ1n) is 6.87. The van der Waals surface area contributed by atoms with Crippen LogP contribution in [0.5, 0.6) is 0 Å². The second-order valence-corrected chi connectivity index (χ2v) is 5.10. The minimum atomic E-state index is -4.38. The van der Waals surface area contributed by atoms with Gasteiger partial charge in [-0.05, 0) is 24.0 Å². The van der Waals surface area contributed by atoms with E-state index in [1.807, 2.05) is 0 Å². The maximum Gasteiger partial charge on any atom is 0.416 e. The minimum absolute atomic E-state index is 0.137. The molecule has 1 amide bonds. The maximum absolute atomic E-state index is 12.7. The Bertz CT molecular complexity index is 736. The zero-order chi connectivity index (χ0) is 17.0. The second kappa shape index (κ2) is 6.67. The number of alkyl halides is 3. The number of carbonyl (C=O) groups is 1. The molecule has 1 aromatic carbocycles. The molecule has 0 aliphatic rings. The summed E-state index contributed by atoms with van der Waals surface area (Å²) in [6.07, 6.45) is -3.93. The normalized spacial score (nSPS) is 12.9. The molecule has 0 bridgehead atoms. The van der Waals surface area contributed by atoms with Crippen molar-refractivity contribution in [3.8, 4) is 0 Å². The SMILES string of the molecule is C[C@@H](CCNC(=O)c1n[nH]c(=O)[nH]1)c1cccc(C(F)(F)F)c1. The van der Waals surface area contributed by atoms with Crippen molar-refractivity contribution in [3.63, 3.8) is 0 Å². The van der Waals surface area contributed by atoms with E-state index in [-0.39, 0.29) is 18.3 Å². The van der Waals surface area contributed by atoms with Gasteiger partial charge in [0.05, 0.1) is 5.56 Å². The lowest BCUT2D eigenvalue weighted by Crippen LogP contribution is -2.26. The number of rotatable bonds is 5. The zero-order valence-corrected chi connectivity index (χ0v) is 12.2. The van der Waals surface area contributed by atoms with E-state index in [1.54, 1.807) is 13.0 Å². The van der Waals surface area contributed by atoms with E-state index in [0.29, 0.717) is 12.0 Å². The van der Waals surface area contributed by atoms with E-state index < -0.39 is 23.3 Å². The van der Waals surface area contributed by atoms with Gasteiger partial charge in [-0.2, -0.15) is 13.2 Å². The van der Waals surface area contributed by atoms with Crippen LogP contribution in [-0.4, -0.2) is 27.6 Å². The van der Waals surface area contributed by atoms with Crippen molar-refractivity contribution in [3.05, 3.63) is 51.7 Å². The molecule has 0 radical (unpaired) electrons. The van der Waals surface area contributed by atoms with E-state index in [0.717, 1.165) is 12.1 Å². The first-order chi connectivity index (χ1) is 10.8. The van der Waals surface area contributed by atoms with Crippen LogP contribution in [-0.2, 0) is 6.18 Å². The van der Waals surface area contributed by atoms with Crippen LogP contribution in [0, 0.1) is 0 Å². The predicted octanol–water partition coefficient (Wildman–Crippen LogP) is 2.04. The second-order valence-electron chi connectivity index (χ2n) is 5.10. The smallest absolute Gasteiger partial charge is 0.349 e. The van der Waals surface area contributed by atoms with Gasteiger partial charge in [0.2, 0.25) is 5.82 Å². The maximum atomic E-state index is 12.7. The molecule has 0 aliphatic carbocycles. The highest BCUT2D eigenvalue weighted by Gasteiger charge is 2.30. The number of nitrogens with one attached hydrogen (secondary N) is 3. The number of amides is 1. The van der Waals surface area contributed by atoms with Crippen LogP contribution in [0.1, 0.15) is 41.0 Å². The Kier molecular flexibility index (Phi) is 4.87. The van der Waals surface area contributed by atoms with Crippen molar-refractivity contribution in [2.75, 3.05) is 6.54 Å². The number of aromatic amines is 2. The quantitative estimate of drug-likeness (QED) is 0.784. The molecule has 0 saturated carbocycles. The van der Waals surface area contributed by atoms with Crippen LogP contribution in [0.4, 0.5) is 13.2 Å². The molecular weight excluding hydrogens is 313 g/mol. The molecule has 3 N–H and O–H groups in total. The third-order valence-corrected chi connectivity index (χ3v) is 3.36. The van der Waals surface area contributed by atoms with Gasteiger partial charge in [0.25, 0.3) is 5.91 Å². The average molecular weight is 328 g/mol. The van der Waals surface area contributed by atoms with Gasteiger partial charge in [0.1, 0.15) is 0 Å². The van der Waals surface area contributed by atoms with Gasteiger partial charge < -0.3 is 5.32 Å². The Morgan fingerprint density at radius 3 is 2.74 bits per heavy atom. The van der Waals surface area contributed by atoms with Crippen molar-refractivity contribution in [2.45, 2.75) is 25.4 Å². The summed E-state index contributed by atoms with van der Waals surface area (Å²) in [7, 11) is 0. The van der Waals surface area contributed by atoms with Gasteiger partial charge in [0.15, 0.2) is 0 Å². The molecule has 2 rings (SSSR count). The minimum Gasteiger partial charge on any atom is -0.349 e. The Balaban J connectivity index is 1.91. The molecule has 1 heterocycles. The highest BCUT2D eigenvalue weighted by Crippen LogP contribution is 2.31. The number of nitrogens with zero attached hydrogens (tertiary/aromatic N) is 1. The fraction of sp³-hybridized carbons (Fsp3) is 0.357. The standard InChI is InChI=1S/C14H15F3N4O2/c1-8(9-3-2-4-10(7-9)14(15,16)17)5-6-18-12(22)11-19-13(23)21-20-11/h2-4,7-8H,5-6H2,1H3,(H,18,22)(H2,19,20,21,23)/t8-/m0/s1. The van der Waals surface area contributed by atoms with E-state index in [2.05, 4.69) is 20.5 Å². The summed E-state index contributed by atoms with van der Waals surface area (Å²) in [4.78, 5) is 24.7. The summed E-state index contributed by atoms with van der Waals surface area (Å²) in [6.45, 7) is 2.02. The zero-order valence-electron chi connectivity index (χ0n) is 12.2. The van der Waals surface area contributed by atoms with Gasteiger partial charge in [-0.1, -0.05) is 25.1 Å². The van der Waals surface area contributed by atoms with Gasteiger partial charge in [0, 0.05) is 6.54 Å². The van der Waals surface area contributed by atoms with Gasteiger partial charge in [-0.15, -0.1) is 5.10 Å². The number of hydrogen-bond donors (Lipinski definition) is 3. The van der Waals surface area contributed by atoms with Crippen LogP contribution in [0.15, 0.2) is 29.1 Å². The average Bonchev–Trinajstić information content (AvgIpc) is 2.93. The molecular formula is C14H15F3N4O2. The molecule has 2 aromatic rings. The number of hydrogen-bond acceptors (Lipinski definition) is 3. The number of aromatic nitrogens is 3. The van der Waals surface area contributed by atoms with Gasteiger partial charge >= 0.3 is 11.9 Å². The molecule has 1 aromatic heterocycles. The molecule has 0 unspecified atom stereocenters. The van der Waals surface area contributed by atoms with E-state index in [1.165, 1.54) is 6.07 Å². The van der Waals surface area contributed by atoms with Crippen molar-refractivity contribution in [2.24, 2.45) is 0 Å². The predicted molar refractivity (Wildman–Crippen MR) is 76.0 cm³/mol. The molecule has 0 fully saturated rings. The monoisotopic (exact) mass is 328 g/mol. The topological polar surface area (TPSA) is 90.6 Å². The fourth-order valence-corrected chi connectivity index (χ4v) is 2.05. The van der Waals surface area contributed by atoms with Gasteiger partial charge in [-0.3, -0.25) is 9.78 Å². The third kappa shape index (κ3) is 4.44. The molecule has 0 saturated heterocycles. The van der Waals surface area contributed by atoms with Crippen molar-refractivity contribution in [1.29, 1.82) is 0 Å². The molecule has 23 heavy (non-hydrogen) atoms. The summed E-state index contributed by atoms with van der Waals surface area (Å²) >= 11 is 0. The number of halogens is 3. The van der Waals surface area contributed by atoms with Crippen molar-refractivity contribution >= 4 is 5.91 Å². The van der Waals surface area contributed by atoms with E-state index in [4.69, 9.17) is 0 Å². The van der Waals surface area contributed by atoms with Crippen molar-refractivity contribution in [1.82, 2.24) is 20.5 Å². The van der Waals surface area contributed by atoms with Crippen LogP contribution in [0.25, 0.3) is 0 Å².